The van der Waals surface area contributed by atoms with Gasteiger partial charge in [0.05, 0.1) is 6.20 Å². The van der Waals surface area contributed by atoms with Crippen LogP contribution in [0.1, 0.15) is 17.7 Å². The highest BCUT2D eigenvalue weighted by atomic mass is 35.5. The zero-order chi connectivity index (χ0) is 14.8. The smallest absolute Gasteiger partial charge is 0.231 e. The minimum absolute atomic E-state index is 0. The van der Waals surface area contributed by atoms with E-state index in [1.807, 2.05) is 24.4 Å². The number of benzene rings is 1. The number of halogens is 2. The second-order valence-corrected chi connectivity index (χ2v) is 5.48. The van der Waals surface area contributed by atoms with E-state index in [0.717, 1.165) is 43.3 Å². The first-order chi connectivity index (χ1) is 10.9. The molecule has 132 valence electrons. The number of hydrogen-bond acceptors (Lipinski definition) is 5. The monoisotopic (exact) mass is 373 g/mol. The normalized spacial score (nSPS) is 13.8. The SMILES string of the molecule is Cl.Cl.c1cc2c(cc1OCCNCc1cnn3c1CCC3)OCO2. The Kier molecular flexibility index (Phi) is 6.60. The molecule has 1 aromatic carbocycles. The third kappa shape index (κ3) is 3.88. The van der Waals surface area contributed by atoms with E-state index in [-0.39, 0.29) is 31.6 Å². The Morgan fingerprint density at radius 3 is 3.00 bits per heavy atom. The van der Waals surface area contributed by atoms with Gasteiger partial charge in [0.25, 0.3) is 0 Å². The van der Waals surface area contributed by atoms with Crippen LogP contribution < -0.4 is 19.5 Å². The van der Waals surface area contributed by atoms with Gasteiger partial charge in [-0.2, -0.15) is 5.10 Å². The lowest BCUT2D eigenvalue weighted by Gasteiger charge is -2.08. The minimum Gasteiger partial charge on any atom is -0.492 e. The highest BCUT2D eigenvalue weighted by Crippen LogP contribution is 2.34. The molecule has 2 aliphatic heterocycles. The number of nitrogens with one attached hydrogen (secondary N) is 1. The van der Waals surface area contributed by atoms with Crippen molar-refractivity contribution in [1.29, 1.82) is 0 Å². The molecule has 0 saturated heterocycles. The molecule has 24 heavy (non-hydrogen) atoms. The first kappa shape index (κ1) is 18.7. The van der Waals surface area contributed by atoms with Gasteiger partial charge in [0.15, 0.2) is 11.5 Å². The molecule has 0 unspecified atom stereocenters. The van der Waals surface area contributed by atoms with E-state index < -0.39 is 0 Å². The van der Waals surface area contributed by atoms with Gasteiger partial charge in [0.2, 0.25) is 6.79 Å². The van der Waals surface area contributed by atoms with Crippen LogP contribution in [0.2, 0.25) is 0 Å². The van der Waals surface area contributed by atoms with Gasteiger partial charge in [-0.15, -0.1) is 24.8 Å². The Hall–Kier alpha value is -1.63. The molecule has 8 heteroatoms. The molecule has 0 saturated carbocycles. The molecule has 0 bridgehead atoms. The van der Waals surface area contributed by atoms with Crippen molar-refractivity contribution in [3.05, 3.63) is 35.7 Å². The Morgan fingerprint density at radius 2 is 2.08 bits per heavy atom. The lowest BCUT2D eigenvalue weighted by molar-refractivity contribution is 0.173. The van der Waals surface area contributed by atoms with Crippen molar-refractivity contribution < 1.29 is 14.2 Å². The van der Waals surface area contributed by atoms with E-state index >= 15 is 0 Å². The van der Waals surface area contributed by atoms with Crippen molar-refractivity contribution in [2.24, 2.45) is 0 Å². The predicted molar refractivity (Wildman–Crippen MR) is 94.8 cm³/mol. The quantitative estimate of drug-likeness (QED) is 0.788. The molecular formula is C16H21Cl2N3O3. The summed E-state index contributed by atoms with van der Waals surface area (Å²) in [6.07, 6.45) is 4.33. The summed E-state index contributed by atoms with van der Waals surface area (Å²) < 4.78 is 18.4. The van der Waals surface area contributed by atoms with Crippen LogP contribution in [-0.4, -0.2) is 29.7 Å². The van der Waals surface area contributed by atoms with E-state index in [1.165, 1.54) is 17.7 Å². The fraction of sp³-hybridized carbons (Fsp3) is 0.438. The average Bonchev–Trinajstić information content (AvgIpc) is 3.23. The maximum Gasteiger partial charge on any atom is 0.231 e. The number of nitrogens with zero attached hydrogens (tertiary/aromatic N) is 2. The average molecular weight is 374 g/mol. The number of fused-ring (bicyclic) bond motifs is 2. The van der Waals surface area contributed by atoms with Crippen LogP contribution in [0.5, 0.6) is 17.2 Å². The van der Waals surface area contributed by atoms with Crippen molar-refractivity contribution in [2.75, 3.05) is 19.9 Å². The van der Waals surface area contributed by atoms with Crippen LogP contribution in [0.25, 0.3) is 0 Å². The van der Waals surface area contributed by atoms with Crippen molar-refractivity contribution in [2.45, 2.75) is 25.9 Å². The molecule has 1 N–H and O–H groups in total. The maximum atomic E-state index is 5.72. The predicted octanol–water partition coefficient (Wildman–Crippen LogP) is 2.57. The Labute approximate surface area is 153 Å². The third-order valence-electron chi connectivity index (χ3n) is 4.03. The van der Waals surface area contributed by atoms with Gasteiger partial charge in [-0.05, 0) is 25.0 Å². The van der Waals surface area contributed by atoms with Gasteiger partial charge in [-0.25, -0.2) is 0 Å². The molecule has 4 rings (SSSR count). The Balaban J connectivity index is 0.00000104. The van der Waals surface area contributed by atoms with E-state index in [1.54, 1.807) is 0 Å². The highest BCUT2D eigenvalue weighted by Gasteiger charge is 2.15. The maximum absolute atomic E-state index is 5.72. The minimum atomic E-state index is 0. The highest BCUT2D eigenvalue weighted by molar-refractivity contribution is 5.85. The van der Waals surface area contributed by atoms with Crippen LogP contribution >= 0.6 is 24.8 Å². The number of aromatic nitrogens is 2. The van der Waals surface area contributed by atoms with E-state index in [0.29, 0.717) is 6.61 Å². The van der Waals surface area contributed by atoms with Gasteiger partial charge in [0.1, 0.15) is 12.4 Å². The standard InChI is InChI=1S/C16H19N3O3.2ClH/c1-2-14-12(10-18-19(14)6-1)9-17-5-7-20-13-3-4-15-16(8-13)22-11-21-15;;/h3-4,8,10,17H,1-2,5-7,9,11H2;2*1H. The second-order valence-electron chi connectivity index (χ2n) is 5.48. The first-order valence-electron chi connectivity index (χ1n) is 7.67. The van der Waals surface area contributed by atoms with Gasteiger partial charge in [-0.3, -0.25) is 4.68 Å². The summed E-state index contributed by atoms with van der Waals surface area (Å²) in [4.78, 5) is 0. The second kappa shape index (κ2) is 8.46. The lowest BCUT2D eigenvalue weighted by Crippen LogP contribution is -2.21. The summed E-state index contributed by atoms with van der Waals surface area (Å²) in [5.74, 6) is 2.33. The fourth-order valence-electron chi connectivity index (χ4n) is 2.91. The van der Waals surface area contributed by atoms with Gasteiger partial charge < -0.3 is 19.5 Å². The molecule has 2 aromatic rings. The van der Waals surface area contributed by atoms with E-state index in [2.05, 4.69) is 15.1 Å². The zero-order valence-electron chi connectivity index (χ0n) is 13.2. The van der Waals surface area contributed by atoms with Gasteiger partial charge in [0, 0.05) is 37.0 Å². The summed E-state index contributed by atoms with van der Waals surface area (Å²) >= 11 is 0. The molecule has 0 amide bonds. The molecule has 0 radical (unpaired) electrons. The van der Waals surface area contributed by atoms with Crippen LogP contribution in [0.3, 0.4) is 0 Å². The zero-order valence-corrected chi connectivity index (χ0v) is 14.8. The summed E-state index contributed by atoms with van der Waals surface area (Å²) in [6, 6.07) is 5.65. The summed E-state index contributed by atoms with van der Waals surface area (Å²) in [5, 5.41) is 7.80. The number of ether oxygens (including phenoxy) is 3. The number of aryl methyl sites for hydroxylation is 1. The molecule has 0 spiro atoms. The lowest BCUT2D eigenvalue weighted by atomic mass is 10.2. The molecule has 0 atom stereocenters. The molecule has 0 aliphatic carbocycles. The molecule has 6 nitrogen and oxygen atoms in total. The molecule has 1 aromatic heterocycles. The largest absolute Gasteiger partial charge is 0.492 e. The topological polar surface area (TPSA) is 57.5 Å². The molecule has 3 heterocycles. The van der Waals surface area contributed by atoms with Crippen molar-refractivity contribution in [3.8, 4) is 17.2 Å². The number of rotatable bonds is 6. The van der Waals surface area contributed by atoms with Gasteiger partial charge >= 0.3 is 0 Å². The van der Waals surface area contributed by atoms with Crippen LogP contribution in [0, 0.1) is 0 Å². The fourth-order valence-corrected chi connectivity index (χ4v) is 2.91. The molecule has 2 aliphatic rings. The molecular weight excluding hydrogens is 353 g/mol. The van der Waals surface area contributed by atoms with Crippen molar-refractivity contribution in [1.82, 2.24) is 15.1 Å². The van der Waals surface area contributed by atoms with Crippen molar-refractivity contribution in [3.63, 3.8) is 0 Å². The van der Waals surface area contributed by atoms with Crippen LogP contribution in [0.4, 0.5) is 0 Å². The summed E-state index contributed by atoms with van der Waals surface area (Å²) in [5.41, 5.74) is 2.68. The summed E-state index contributed by atoms with van der Waals surface area (Å²) in [6.45, 7) is 3.60. The summed E-state index contributed by atoms with van der Waals surface area (Å²) in [7, 11) is 0. The van der Waals surface area contributed by atoms with E-state index in [9.17, 15) is 0 Å². The molecule has 0 fully saturated rings. The first-order valence-corrected chi connectivity index (χ1v) is 7.67. The number of hydrogen-bond donors (Lipinski definition) is 1. The van der Waals surface area contributed by atoms with Crippen molar-refractivity contribution >= 4 is 24.8 Å². The van der Waals surface area contributed by atoms with Crippen LogP contribution in [0.15, 0.2) is 24.4 Å². The Bertz CT molecular complexity index is 679. The van der Waals surface area contributed by atoms with E-state index in [4.69, 9.17) is 14.2 Å². The third-order valence-corrected chi connectivity index (χ3v) is 4.03. The van der Waals surface area contributed by atoms with Crippen LogP contribution in [-0.2, 0) is 19.5 Å². The van der Waals surface area contributed by atoms with Gasteiger partial charge in [-0.1, -0.05) is 0 Å². The Morgan fingerprint density at radius 1 is 1.21 bits per heavy atom.